The van der Waals surface area contributed by atoms with E-state index in [4.69, 9.17) is 0 Å². The zero-order chi connectivity index (χ0) is 16.2. The molecule has 1 unspecified atom stereocenters. The summed E-state index contributed by atoms with van der Waals surface area (Å²) in [6, 6.07) is 0.240. The van der Waals surface area contributed by atoms with Gasteiger partial charge < -0.3 is 10.2 Å². The molecule has 21 heavy (non-hydrogen) atoms. The molecule has 0 aliphatic carbocycles. The Labute approximate surface area is 134 Å². The molecule has 1 heterocycles. The van der Waals surface area contributed by atoms with Gasteiger partial charge in [-0.05, 0) is 49.3 Å². The van der Waals surface area contributed by atoms with Crippen LogP contribution in [0.5, 0.6) is 0 Å². The number of rotatable bonds is 7. The van der Waals surface area contributed by atoms with Crippen LogP contribution >= 0.6 is 15.9 Å². The van der Waals surface area contributed by atoms with Crippen molar-refractivity contribution < 1.29 is 4.92 Å². The summed E-state index contributed by atoms with van der Waals surface area (Å²) in [4.78, 5) is 16.8. The van der Waals surface area contributed by atoms with Crippen molar-refractivity contribution in [2.45, 2.75) is 33.2 Å². The molecule has 1 N–H and O–H groups in total. The van der Waals surface area contributed by atoms with Crippen LogP contribution in [0.1, 0.15) is 25.8 Å². The second-order valence-electron chi connectivity index (χ2n) is 5.92. The van der Waals surface area contributed by atoms with E-state index in [1.54, 1.807) is 6.92 Å². The van der Waals surface area contributed by atoms with Crippen LogP contribution in [-0.4, -0.2) is 41.5 Å². The van der Waals surface area contributed by atoms with Crippen molar-refractivity contribution >= 4 is 27.4 Å². The van der Waals surface area contributed by atoms with Gasteiger partial charge in [0.2, 0.25) is 0 Å². The van der Waals surface area contributed by atoms with E-state index in [-0.39, 0.29) is 11.7 Å². The summed E-state index contributed by atoms with van der Waals surface area (Å²) in [5, 5.41) is 14.3. The van der Waals surface area contributed by atoms with Crippen molar-refractivity contribution in [3.05, 3.63) is 26.3 Å². The Hall–Kier alpha value is -1.21. The van der Waals surface area contributed by atoms with E-state index < -0.39 is 4.92 Å². The normalized spacial score (nSPS) is 12.8. The molecule has 0 saturated heterocycles. The molecule has 1 aromatic rings. The van der Waals surface area contributed by atoms with Gasteiger partial charge in [0.1, 0.15) is 12.0 Å². The summed E-state index contributed by atoms with van der Waals surface area (Å²) in [5.41, 5.74) is 0.617. The van der Waals surface area contributed by atoms with Crippen LogP contribution in [0.25, 0.3) is 0 Å². The summed E-state index contributed by atoms with van der Waals surface area (Å²) >= 11 is 3.42. The molecular formula is C14H23BrN4O2. The third-order valence-electron chi connectivity index (χ3n) is 3.12. The Morgan fingerprint density at radius 2 is 2.10 bits per heavy atom. The SMILES string of the molecule is Cc1c([N+](=O)[O-])cnc(NC(CC(C)C)CN(C)C)c1Br. The molecule has 0 amide bonds. The largest absolute Gasteiger partial charge is 0.365 e. The molecule has 0 aliphatic heterocycles. The van der Waals surface area contributed by atoms with Crippen molar-refractivity contribution in [2.75, 3.05) is 26.0 Å². The Bertz CT molecular complexity index is 496. The fourth-order valence-corrected chi connectivity index (χ4v) is 2.66. The molecule has 0 spiro atoms. The van der Waals surface area contributed by atoms with E-state index in [9.17, 15) is 10.1 Å². The summed E-state index contributed by atoms with van der Waals surface area (Å²) < 4.78 is 0.657. The monoisotopic (exact) mass is 358 g/mol. The molecule has 1 atom stereocenters. The molecular weight excluding hydrogens is 336 g/mol. The van der Waals surface area contributed by atoms with Crippen LogP contribution in [0.4, 0.5) is 11.5 Å². The van der Waals surface area contributed by atoms with Gasteiger partial charge in [0, 0.05) is 18.2 Å². The van der Waals surface area contributed by atoms with Gasteiger partial charge in [-0.1, -0.05) is 13.8 Å². The van der Waals surface area contributed by atoms with Crippen LogP contribution < -0.4 is 5.32 Å². The maximum atomic E-state index is 10.9. The Balaban J connectivity index is 2.98. The minimum absolute atomic E-state index is 0.0282. The van der Waals surface area contributed by atoms with E-state index >= 15 is 0 Å². The predicted octanol–water partition coefficient (Wildman–Crippen LogP) is 3.45. The second kappa shape index (κ2) is 7.70. The van der Waals surface area contributed by atoms with Crippen LogP contribution in [0.2, 0.25) is 0 Å². The molecule has 0 radical (unpaired) electrons. The first-order valence-corrected chi connectivity index (χ1v) is 7.72. The molecule has 7 heteroatoms. The second-order valence-corrected chi connectivity index (χ2v) is 6.71. The highest BCUT2D eigenvalue weighted by Gasteiger charge is 2.20. The zero-order valence-corrected chi connectivity index (χ0v) is 14.8. The lowest BCUT2D eigenvalue weighted by Crippen LogP contribution is -2.34. The number of halogens is 1. The van der Waals surface area contributed by atoms with Gasteiger partial charge in [-0.2, -0.15) is 0 Å². The minimum atomic E-state index is -0.414. The number of nitro groups is 1. The molecule has 1 rings (SSSR count). The number of anilines is 1. The summed E-state index contributed by atoms with van der Waals surface area (Å²) in [6.07, 6.45) is 2.31. The van der Waals surface area contributed by atoms with Gasteiger partial charge in [-0.3, -0.25) is 10.1 Å². The van der Waals surface area contributed by atoms with Crippen molar-refractivity contribution in [1.82, 2.24) is 9.88 Å². The molecule has 6 nitrogen and oxygen atoms in total. The number of aromatic nitrogens is 1. The van der Waals surface area contributed by atoms with Crippen molar-refractivity contribution in [1.29, 1.82) is 0 Å². The third-order valence-corrected chi connectivity index (χ3v) is 4.09. The quantitative estimate of drug-likeness (QED) is 0.596. The topological polar surface area (TPSA) is 71.3 Å². The first-order valence-electron chi connectivity index (χ1n) is 6.93. The third kappa shape index (κ3) is 5.24. The van der Waals surface area contributed by atoms with Crippen LogP contribution in [0, 0.1) is 23.0 Å². The fourth-order valence-electron chi connectivity index (χ4n) is 2.24. The summed E-state index contributed by atoms with van der Waals surface area (Å²) in [7, 11) is 4.05. The Kier molecular flexibility index (Phi) is 6.54. The van der Waals surface area contributed by atoms with Crippen LogP contribution in [0.15, 0.2) is 10.7 Å². The lowest BCUT2D eigenvalue weighted by Gasteiger charge is -2.25. The van der Waals surface area contributed by atoms with Gasteiger partial charge in [-0.25, -0.2) is 4.98 Å². The van der Waals surface area contributed by atoms with E-state index in [1.807, 2.05) is 14.1 Å². The average molecular weight is 359 g/mol. The standard InChI is InChI=1S/C14H23BrN4O2/c1-9(2)6-11(8-18(4)5)17-14-13(15)10(3)12(7-16-14)19(20)21/h7,9,11H,6,8H2,1-5H3,(H,16,17). The number of hydrogen-bond donors (Lipinski definition) is 1. The average Bonchev–Trinajstić information content (AvgIpc) is 2.33. The zero-order valence-electron chi connectivity index (χ0n) is 13.2. The smallest absolute Gasteiger partial charge is 0.291 e. The number of nitrogens with one attached hydrogen (secondary N) is 1. The lowest BCUT2D eigenvalue weighted by molar-refractivity contribution is -0.385. The molecule has 1 aromatic heterocycles. The van der Waals surface area contributed by atoms with E-state index in [0.29, 0.717) is 21.8 Å². The highest BCUT2D eigenvalue weighted by molar-refractivity contribution is 9.10. The Morgan fingerprint density at radius 1 is 1.48 bits per heavy atom. The summed E-state index contributed by atoms with van der Waals surface area (Å²) in [5.74, 6) is 1.21. The van der Waals surface area contributed by atoms with Gasteiger partial charge in [0.05, 0.1) is 9.40 Å². The van der Waals surface area contributed by atoms with E-state index in [1.165, 1.54) is 6.20 Å². The maximum absolute atomic E-state index is 10.9. The van der Waals surface area contributed by atoms with E-state index in [0.717, 1.165) is 13.0 Å². The lowest BCUT2D eigenvalue weighted by atomic mass is 10.0. The number of likely N-dealkylation sites (N-methyl/N-ethyl adjacent to an activating group) is 1. The summed E-state index contributed by atoms with van der Waals surface area (Å²) in [6.45, 7) is 6.95. The Morgan fingerprint density at radius 3 is 2.57 bits per heavy atom. The first-order chi connectivity index (χ1) is 9.72. The molecule has 0 saturated carbocycles. The maximum Gasteiger partial charge on any atom is 0.291 e. The molecule has 0 aromatic carbocycles. The molecule has 0 aliphatic rings. The van der Waals surface area contributed by atoms with Crippen molar-refractivity contribution in [2.24, 2.45) is 5.92 Å². The molecule has 118 valence electrons. The highest BCUT2D eigenvalue weighted by atomic mass is 79.9. The highest BCUT2D eigenvalue weighted by Crippen LogP contribution is 2.31. The van der Waals surface area contributed by atoms with Gasteiger partial charge >= 0.3 is 0 Å². The van der Waals surface area contributed by atoms with E-state index in [2.05, 4.69) is 45.0 Å². The van der Waals surface area contributed by atoms with Crippen LogP contribution in [-0.2, 0) is 0 Å². The first kappa shape index (κ1) is 17.8. The number of hydrogen-bond acceptors (Lipinski definition) is 5. The van der Waals surface area contributed by atoms with Crippen LogP contribution in [0.3, 0.4) is 0 Å². The number of nitrogens with zero attached hydrogens (tertiary/aromatic N) is 3. The minimum Gasteiger partial charge on any atom is -0.365 e. The predicted molar refractivity (Wildman–Crippen MR) is 88.7 cm³/mol. The molecule has 0 fully saturated rings. The molecule has 0 bridgehead atoms. The van der Waals surface area contributed by atoms with Crippen molar-refractivity contribution in [3.63, 3.8) is 0 Å². The van der Waals surface area contributed by atoms with Gasteiger partial charge in [0.25, 0.3) is 5.69 Å². The fraction of sp³-hybridized carbons (Fsp3) is 0.643. The van der Waals surface area contributed by atoms with Gasteiger partial charge in [0.15, 0.2) is 0 Å². The van der Waals surface area contributed by atoms with Gasteiger partial charge in [-0.15, -0.1) is 0 Å². The van der Waals surface area contributed by atoms with Crippen molar-refractivity contribution in [3.8, 4) is 0 Å². The number of pyridine rings is 1.